The predicted molar refractivity (Wildman–Crippen MR) is 94.4 cm³/mol. The highest BCUT2D eigenvalue weighted by atomic mass is 16.5. The van der Waals surface area contributed by atoms with Gasteiger partial charge in [-0.3, -0.25) is 14.5 Å². The summed E-state index contributed by atoms with van der Waals surface area (Å²) in [5.41, 5.74) is 0.836. The molecule has 0 saturated carbocycles. The van der Waals surface area contributed by atoms with Crippen LogP contribution in [0.4, 0.5) is 5.82 Å². The Labute approximate surface area is 151 Å². The summed E-state index contributed by atoms with van der Waals surface area (Å²) in [6.07, 6.45) is -0.609. The van der Waals surface area contributed by atoms with Gasteiger partial charge in [0.1, 0.15) is 17.9 Å². The van der Waals surface area contributed by atoms with Crippen molar-refractivity contribution in [1.82, 2.24) is 15.4 Å². The molecule has 1 saturated heterocycles. The summed E-state index contributed by atoms with van der Waals surface area (Å²) in [5.74, 6) is 0.545. The highest BCUT2D eigenvalue weighted by Crippen LogP contribution is 2.25. The third-order valence-electron chi connectivity index (χ3n) is 4.24. The molecule has 1 aromatic heterocycles. The van der Waals surface area contributed by atoms with Gasteiger partial charge in [0.15, 0.2) is 5.82 Å². The lowest BCUT2D eigenvalue weighted by atomic mass is 10.0. The largest absolute Gasteiger partial charge is 0.366 e. The highest BCUT2D eigenvalue weighted by Gasteiger charge is 2.34. The van der Waals surface area contributed by atoms with E-state index in [9.17, 15) is 9.59 Å². The fourth-order valence-corrected chi connectivity index (χ4v) is 3.01. The zero-order valence-corrected chi connectivity index (χ0v) is 14.8. The van der Waals surface area contributed by atoms with Gasteiger partial charge in [-0.2, -0.15) is 0 Å². The quantitative estimate of drug-likeness (QED) is 0.831. The second-order valence-corrected chi connectivity index (χ2v) is 6.09. The lowest BCUT2D eigenvalue weighted by Crippen LogP contribution is -2.52. The van der Waals surface area contributed by atoms with Gasteiger partial charge < -0.3 is 19.9 Å². The number of nitrogens with one attached hydrogen (secondary N) is 2. The molecule has 2 aromatic rings. The van der Waals surface area contributed by atoms with Crippen LogP contribution in [0.5, 0.6) is 0 Å². The SMILES string of the molecule is CNC(=O)C1CN(C(C(=O)Nc2cc(C)on2)c2ccccc2)CCO1. The van der Waals surface area contributed by atoms with E-state index in [0.717, 1.165) is 5.56 Å². The van der Waals surface area contributed by atoms with Gasteiger partial charge >= 0.3 is 0 Å². The number of carbonyl (C=O) groups excluding carboxylic acids is 2. The first-order valence-corrected chi connectivity index (χ1v) is 8.45. The molecule has 3 rings (SSSR count). The maximum atomic E-state index is 13.0. The van der Waals surface area contributed by atoms with E-state index in [4.69, 9.17) is 9.26 Å². The molecule has 26 heavy (non-hydrogen) atoms. The molecule has 1 aromatic carbocycles. The Morgan fingerprint density at radius 1 is 1.31 bits per heavy atom. The van der Waals surface area contributed by atoms with Crippen molar-refractivity contribution in [3.63, 3.8) is 0 Å². The summed E-state index contributed by atoms with van der Waals surface area (Å²) in [5, 5.41) is 9.20. The summed E-state index contributed by atoms with van der Waals surface area (Å²) in [4.78, 5) is 26.9. The summed E-state index contributed by atoms with van der Waals surface area (Å²) < 4.78 is 10.5. The van der Waals surface area contributed by atoms with E-state index < -0.39 is 12.1 Å². The van der Waals surface area contributed by atoms with Gasteiger partial charge in [0.25, 0.3) is 0 Å². The molecule has 2 atom stereocenters. The molecule has 0 radical (unpaired) electrons. The van der Waals surface area contributed by atoms with Crippen molar-refractivity contribution in [3.8, 4) is 0 Å². The zero-order valence-electron chi connectivity index (χ0n) is 14.8. The molecule has 0 aliphatic carbocycles. The van der Waals surface area contributed by atoms with Crippen LogP contribution in [0.1, 0.15) is 17.4 Å². The van der Waals surface area contributed by atoms with Gasteiger partial charge in [0, 0.05) is 26.2 Å². The van der Waals surface area contributed by atoms with E-state index in [1.54, 1.807) is 20.0 Å². The van der Waals surface area contributed by atoms with Crippen LogP contribution in [-0.4, -0.2) is 54.7 Å². The van der Waals surface area contributed by atoms with Gasteiger partial charge in [0.2, 0.25) is 11.8 Å². The minimum atomic E-state index is -0.609. The van der Waals surface area contributed by atoms with Crippen molar-refractivity contribution in [2.24, 2.45) is 0 Å². The Morgan fingerprint density at radius 3 is 2.73 bits per heavy atom. The number of rotatable bonds is 5. The summed E-state index contributed by atoms with van der Waals surface area (Å²) in [6.45, 7) is 2.99. The Kier molecular flexibility index (Phi) is 5.65. The molecule has 2 heterocycles. The minimum absolute atomic E-state index is 0.200. The Morgan fingerprint density at radius 2 is 2.08 bits per heavy atom. The Hall–Kier alpha value is -2.71. The molecule has 1 aliphatic rings. The smallest absolute Gasteiger partial charge is 0.250 e. The number of morpholine rings is 1. The third-order valence-corrected chi connectivity index (χ3v) is 4.24. The van der Waals surface area contributed by atoms with E-state index in [1.165, 1.54) is 0 Å². The van der Waals surface area contributed by atoms with Crippen LogP contribution >= 0.6 is 0 Å². The van der Waals surface area contributed by atoms with Crippen molar-refractivity contribution in [2.75, 3.05) is 32.1 Å². The van der Waals surface area contributed by atoms with Gasteiger partial charge in [-0.05, 0) is 12.5 Å². The molecule has 138 valence electrons. The molecule has 8 nitrogen and oxygen atoms in total. The first-order valence-electron chi connectivity index (χ1n) is 8.45. The number of benzene rings is 1. The molecule has 1 fully saturated rings. The number of hydrogen-bond acceptors (Lipinski definition) is 6. The first-order chi connectivity index (χ1) is 12.6. The van der Waals surface area contributed by atoms with Gasteiger partial charge in [-0.25, -0.2) is 0 Å². The van der Waals surface area contributed by atoms with Gasteiger partial charge in [0.05, 0.1) is 6.61 Å². The topological polar surface area (TPSA) is 96.7 Å². The number of hydrogen-bond donors (Lipinski definition) is 2. The molecule has 2 N–H and O–H groups in total. The second-order valence-electron chi connectivity index (χ2n) is 6.09. The highest BCUT2D eigenvalue weighted by molar-refractivity contribution is 5.95. The van der Waals surface area contributed by atoms with Crippen LogP contribution in [0.15, 0.2) is 40.9 Å². The van der Waals surface area contributed by atoms with Crippen molar-refractivity contribution in [2.45, 2.75) is 19.1 Å². The van der Waals surface area contributed by atoms with E-state index in [-0.39, 0.29) is 11.8 Å². The fourth-order valence-electron chi connectivity index (χ4n) is 3.01. The number of nitrogens with zero attached hydrogens (tertiary/aromatic N) is 2. The fraction of sp³-hybridized carbons (Fsp3) is 0.389. The predicted octanol–water partition coefficient (Wildman–Crippen LogP) is 1.11. The maximum absolute atomic E-state index is 13.0. The van der Waals surface area contributed by atoms with E-state index >= 15 is 0 Å². The van der Waals surface area contributed by atoms with E-state index in [1.807, 2.05) is 35.2 Å². The van der Waals surface area contributed by atoms with Crippen LogP contribution < -0.4 is 10.6 Å². The first kappa shape index (κ1) is 18.1. The molecule has 2 unspecified atom stereocenters. The van der Waals surface area contributed by atoms with Crippen molar-refractivity contribution >= 4 is 17.6 Å². The lowest BCUT2D eigenvalue weighted by molar-refractivity contribution is -0.142. The van der Waals surface area contributed by atoms with Crippen molar-refractivity contribution in [1.29, 1.82) is 0 Å². The average molecular weight is 358 g/mol. The lowest BCUT2D eigenvalue weighted by Gasteiger charge is -2.36. The van der Waals surface area contributed by atoms with Crippen molar-refractivity contribution in [3.05, 3.63) is 47.7 Å². The number of anilines is 1. The number of amides is 2. The number of likely N-dealkylation sites (N-methyl/N-ethyl adjacent to an activating group) is 1. The minimum Gasteiger partial charge on any atom is -0.366 e. The maximum Gasteiger partial charge on any atom is 0.250 e. The number of ether oxygens (including phenoxy) is 1. The Balaban J connectivity index is 1.83. The molecule has 1 aliphatic heterocycles. The normalized spacial score (nSPS) is 18.9. The standard InChI is InChI=1S/C18H22N4O4/c1-12-10-15(21-26-12)20-18(24)16(13-6-4-3-5-7-13)22-8-9-25-14(11-22)17(23)19-2/h3-7,10,14,16H,8-9,11H2,1-2H3,(H,19,23)(H,20,21,24). The zero-order chi connectivity index (χ0) is 18.5. The van der Waals surface area contributed by atoms with Gasteiger partial charge in [-0.15, -0.1) is 0 Å². The van der Waals surface area contributed by atoms with Crippen molar-refractivity contribution < 1.29 is 18.8 Å². The summed E-state index contributed by atoms with van der Waals surface area (Å²) in [6, 6.07) is 10.5. The number of aryl methyl sites for hydroxylation is 1. The second kappa shape index (κ2) is 8.11. The van der Waals surface area contributed by atoms with E-state index in [2.05, 4.69) is 15.8 Å². The third kappa shape index (κ3) is 4.09. The number of aromatic nitrogens is 1. The average Bonchev–Trinajstić information content (AvgIpc) is 3.07. The number of carbonyl (C=O) groups is 2. The van der Waals surface area contributed by atoms with Gasteiger partial charge in [-0.1, -0.05) is 35.5 Å². The van der Waals surface area contributed by atoms with Crippen LogP contribution in [0.3, 0.4) is 0 Å². The Bertz CT molecular complexity index is 762. The monoisotopic (exact) mass is 358 g/mol. The van der Waals surface area contributed by atoms with Crippen LogP contribution in [-0.2, 0) is 14.3 Å². The molecule has 0 spiro atoms. The molecule has 0 bridgehead atoms. The molecular formula is C18H22N4O4. The molecular weight excluding hydrogens is 336 g/mol. The van der Waals surface area contributed by atoms with Crippen LogP contribution in [0.25, 0.3) is 0 Å². The van der Waals surface area contributed by atoms with Crippen LogP contribution in [0, 0.1) is 6.92 Å². The summed E-state index contributed by atoms with van der Waals surface area (Å²) >= 11 is 0. The molecule has 8 heteroatoms. The van der Waals surface area contributed by atoms with Crippen LogP contribution in [0.2, 0.25) is 0 Å². The molecule has 2 amide bonds. The summed E-state index contributed by atoms with van der Waals surface area (Å²) in [7, 11) is 1.57. The van der Waals surface area contributed by atoms with E-state index in [0.29, 0.717) is 31.3 Å².